The van der Waals surface area contributed by atoms with Crippen molar-refractivity contribution in [1.82, 2.24) is 19.4 Å². The third-order valence-corrected chi connectivity index (χ3v) is 8.62. The molecule has 0 unspecified atom stereocenters. The molecule has 1 amide bonds. The van der Waals surface area contributed by atoms with Gasteiger partial charge in [0.25, 0.3) is 5.56 Å². The van der Waals surface area contributed by atoms with Gasteiger partial charge in [0.1, 0.15) is 10.6 Å². The van der Waals surface area contributed by atoms with Crippen LogP contribution in [-0.2, 0) is 24.4 Å². The number of piperazine rings is 1. The lowest BCUT2D eigenvalue weighted by molar-refractivity contribution is 0.107. The molecule has 2 aromatic carbocycles. The zero-order chi connectivity index (χ0) is 26.2. The van der Waals surface area contributed by atoms with E-state index in [-0.39, 0.29) is 11.7 Å². The Morgan fingerprint density at radius 3 is 2.66 bits per heavy atom. The molecule has 0 radical (unpaired) electrons. The highest BCUT2D eigenvalue weighted by atomic mass is 32.1. The quantitative estimate of drug-likeness (QED) is 0.372. The van der Waals surface area contributed by atoms with E-state index in [2.05, 4.69) is 45.1 Å². The Hall–Kier alpha value is -3.63. The van der Waals surface area contributed by atoms with E-state index in [1.807, 2.05) is 6.07 Å². The normalized spacial score (nSPS) is 15.8. The number of anilines is 1. The van der Waals surface area contributed by atoms with Crippen LogP contribution in [-0.4, -0.2) is 71.9 Å². The number of methoxy groups -OCH3 is 1. The summed E-state index contributed by atoms with van der Waals surface area (Å²) in [5, 5.41) is 3.06. The summed E-state index contributed by atoms with van der Waals surface area (Å²) >= 11 is 1.50. The van der Waals surface area contributed by atoms with Gasteiger partial charge in [-0.2, -0.15) is 0 Å². The molecule has 6 rings (SSSR count). The second kappa shape index (κ2) is 10.3. The van der Waals surface area contributed by atoms with Gasteiger partial charge >= 0.3 is 6.09 Å². The summed E-state index contributed by atoms with van der Waals surface area (Å²) in [6, 6.07) is 12.6. The molecular weight excluding hydrogens is 502 g/mol. The minimum absolute atomic E-state index is 0.0302. The molecule has 10 heteroatoms. The Morgan fingerprint density at radius 1 is 1.05 bits per heavy atom. The maximum absolute atomic E-state index is 13.4. The van der Waals surface area contributed by atoms with Crippen LogP contribution in [0, 0.1) is 0 Å². The number of hydrogen-bond donors (Lipinski definition) is 0. The molecule has 0 saturated carbocycles. The monoisotopic (exact) mass is 533 g/mol. The van der Waals surface area contributed by atoms with Crippen molar-refractivity contribution in [3.05, 3.63) is 63.5 Å². The van der Waals surface area contributed by atoms with Gasteiger partial charge in [0.15, 0.2) is 0 Å². The van der Waals surface area contributed by atoms with Crippen molar-refractivity contribution < 1.29 is 14.3 Å². The van der Waals surface area contributed by atoms with Crippen LogP contribution in [0.25, 0.3) is 21.0 Å². The van der Waals surface area contributed by atoms with Gasteiger partial charge in [-0.15, -0.1) is 11.3 Å². The summed E-state index contributed by atoms with van der Waals surface area (Å²) in [7, 11) is 1.73. The van der Waals surface area contributed by atoms with Gasteiger partial charge in [0, 0.05) is 55.1 Å². The van der Waals surface area contributed by atoms with Crippen LogP contribution in [0.2, 0.25) is 0 Å². The first kappa shape index (κ1) is 24.7. The van der Waals surface area contributed by atoms with Crippen LogP contribution in [0.3, 0.4) is 0 Å². The maximum Gasteiger partial charge on any atom is 0.410 e. The minimum Gasteiger partial charge on any atom is -0.495 e. The van der Waals surface area contributed by atoms with Gasteiger partial charge < -0.3 is 14.4 Å². The molecule has 2 aliphatic rings. The lowest BCUT2D eigenvalue weighted by atomic mass is 10.1. The molecule has 2 aliphatic heterocycles. The third kappa shape index (κ3) is 4.37. The fraction of sp³-hybridized carbons (Fsp3) is 0.393. The van der Waals surface area contributed by atoms with Crippen molar-refractivity contribution in [2.45, 2.75) is 26.6 Å². The van der Waals surface area contributed by atoms with E-state index in [4.69, 9.17) is 9.47 Å². The fourth-order valence-corrected chi connectivity index (χ4v) is 6.67. The first-order chi connectivity index (χ1) is 18.6. The van der Waals surface area contributed by atoms with Crippen molar-refractivity contribution in [2.24, 2.45) is 0 Å². The van der Waals surface area contributed by atoms with Crippen LogP contribution < -0.4 is 15.2 Å². The smallest absolute Gasteiger partial charge is 0.410 e. The molecule has 0 spiro atoms. The van der Waals surface area contributed by atoms with Crippen molar-refractivity contribution >= 4 is 44.1 Å². The summed E-state index contributed by atoms with van der Waals surface area (Å²) in [5.74, 6) is 0.896. The summed E-state index contributed by atoms with van der Waals surface area (Å²) in [6.45, 7) is 7.92. The van der Waals surface area contributed by atoms with E-state index < -0.39 is 0 Å². The van der Waals surface area contributed by atoms with E-state index >= 15 is 0 Å². The van der Waals surface area contributed by atoms with Crippen LogP contribution >= 0.6 is 11.3 Å². The van der Waals surface area contributed by atoms with Gasteiger partial charge in [-0.25, -0.2) is 9.78 Å². The number of aromatic nitrogens is 2. The first-order valence-corrected chi connectivity index (χ1v) is 13.8. The number of hydrogen-bond acceptors (Lipinski definition) is 8. The number of benzene rings is 2. The molecule has 4 aromatic rings. The molecule has 198 valence electrons. The van der Waals surface area contributed by atoms with Crippen molar-refractivity contribution in [2.75, 3.05) is 51.3 Å². The number of nitrogens with zero attached hydrogens (tertiary/aromatic N) is 5. The Kier molecular flexibility index (Phi) is 6.67. The van der Waals surface area contributed by atoms with Gasteiger partial charge in [0.2, 0.25) is 0 Å². The predicted molar refractivity (Wildman–Crippen MR) is 149 cm³/mol. The second-order valence-corrected chi connectivity index (χ2v) is 10.7. The number of carbonyl (C=O) groups is 1. The molecule has 1 fully saturated rings. The second-order valence-electron chi connectivity index (χ2n) is 9.65. The van der Waals surface area contributed by atoms with Gasteiger partial charge in [0.05, 0.1) is 44.2 Å². The molecule has 0 bridgehead atoms. The molecular formula is C28H31N5O4S. The average Bonchev–Trinajstić information content (AvgIpc) is 3.51. The molecule has 0 aliphatic carbocycles. The third-order valence-electron chi connectivity index (χ3n) is 7.50. The minimum atomic E-state index is -0.339. The zero-order valence-corrected chi connectivity index (χ0v) is 22.5. The van der Waals surface area contributed by atoms with Crippen LogP contribution in [0.15, 0.2) is 47.5 Å². The summed E-state index contributed by atoms with van der Waals surface area (Å²) in [5.41, 5.74) is 2.04. The lowest BCUT2D eigenvalue weighted by Crippen LogP contribution is -2.47. The highest BCUT2D eigenvalue weighted by Crippen LogP contribution is 2.37. The van der Waals surface area contributed by atoms with Gasteiger partial charge in [-0.1, -0.05) is 30.3 Å². The number of thiophene rings is 1. The van der Waals surface area contributed by atoms with E-state index in [0.29, 0.717) is 31.6 Å². The average molecular weight is 534 g/mol. The highest BCUT2D eigenvalue weighted by Gasteiger charge is 2.30. The van der Waals surface area contributed by atoms with E-state index in [0.717, 1.165) is 59.4 Å². The molecule has 0 N–H and O–H groups in total. The zero-order valence-electron chi connectivity index (χ0n) is 21.7. The Labute approximate surface area is 224 Å². The van der Waals surface area contributed by atoms with Gasteiger partial charge in [-0.3, -0.25) is 19.2 Å². The van der Waals surface area contributed by atoms with Crippen LogP contribution in [0.5, 0.6) is 5.75 Å². The summed E-state index contributed by atoms with van der Waals surface area (Å²) < 4.78 is 12.6. The first-order valence-electron chi connectivity index (χ1n) is 13.0. The van der Waals surface area contributed by atoms with Gasteiger partial charge in [-0.05, 0) is 18.4 Å². The highest BCUT2D eigenvalue weighted by molar-refractivity contribution is 7.18. The Bertz CT molecular complexity index is 1560. The maximum atomic E-state index is 13.4. The largest absolute Gasteiger partial charge is 0.495 e. The lowest BCUT2D eigenvalue weighted by Gasteiger charge is -2.37. The molecule has 38 heavy (non-hydrogen) atoms. The topological polar surface area (TPSA) is 80.1 Å². The number of rotatable bonds is 6. The van der Waals surface area contributed by atoms with E-state index in [1.165, 1.54) is 22.1 Å². The number of amides is 1. The van der Waals surface area contributed by atoms with Crippen LogP contribution in [0.4, 0.5) is 10.5 Å². The standard InChI is InChI=1S/C28H31N5O4S/c1-3-37-28(35)33-16-21-23(17-33)38-26-24(21)27(34)32(18-29-26)15-12-30-10-13-31(14-11-30)25-20-7-5-4-6-19(20)8-9-22(25)36-2/h4-9,18H,3,10-17H2,1-2H3. The fourth-order valence-electron chi connectivity index (χ4n) is 5.52. The number of fused-ring (bicyclic) bond motifs is 4. The predicted octanol–water partition coefficient (Wildman–Crippen LogP) is 3.91. The number of ether oxygens (including phenoxy) is 2. The molecule has 1 saturated heterocycles. The number of carbonyl (C=O) groups excluding carboxylic acids is 1. The molecule has 0 atom stereocenters. The van der Waals surface area contributed by atoms with Crippen molar-refractivity contribution in [3.63, 3.8) is 0 Å². The summed E-state index contributed by atoms with van der Waals surface area (Å²) in [6.07, 6.45) is 1.32. The van der Waals surface area contributed by atoms with Crippen molar-refractivity contribution in [1.29, 1.82) is 0 Å². The molecule has 2 aromatic heterocycles. The molecule has 4 heterocycles. The van der Waals surface area contributed by atoms with Crippen molar-refractivity contribution in [3.8, 4) is 5.75 Å². The van der Waals surface area contributed by atoms with Crippen LogP contribution in [0.1, 0.15) is 17.4 Å². The Balaban J connectivity index is 1.13. The SMILES string of the molecule is CCOC(=O)N1Cc2sc3ncn(CCN4CCN(c5c(OC)ccc6ccccc56)CC4)c(=O)c3c2C1. The van der Waals surface area contributed by atoms with E-state index in [9.17, 15) is 9.59 Å². The Morgan fingerprint density at radius 2 is 1.87 bits per heavy atom. The molecule has 9 nitrogen and oxygen atoms in total. The van der Waals surface area contributed by atoms with E-state index in [1.54, 1.807) is 29.8 Å². The summed E-state index contributed by atoms with van der Waals surface area (Å²) in [4.78, 5) is 38.4.